The van der Waals surface area contributed by atoms with Crippen LogP contribution in [0.25, 0.3) is 0 Å². The first-order chi connectivity index (χ1) is 10.3. The standard InChI is InChI=1S/C15H22ClN3O3/c1-10(22-13-7-5-12(16)6-8-13)9-17-15(21)18-11(2)14(20)19(3)4/h5-8,10-11H,9H2,1-4H3,(H2,17,18,21)/t10-,11-/m0/s1. The zero-order valence-electron chi connectivity index (χ0n) is 13.2. The second-order valence-electron chi connectivity index (χ2n) is 5.19. The number of carbonyl (C=O) groups is 2. The van der Waals surface area contributed by atoms with Gasteiger partial charge < -0.3 is 20.3 Å². The molecule has 7 heteroatoms. The minimum absolute atomic E-state index is 0.166. The number of hydrogen-bond acceptors (Lipinski definition) is 3. The molecule has 2 atom stereocenters. The lowest BCUT2D eigenvalue weighted by molar-refractivity contribution is -0.130. The number of amides is 3. The Labute approximate surface area is 135 Å². The third-order valence-electron chi connectivity index (χ3n) is 2.86. The third kappa shape index (κ3) is 6.22. The Bertz CT molecular complexity index is 505. The number of nitrogens with zero attached hydrogens (tertiary/aromatic N) is 1. The highest BCUT2D eigenvalue weighted by Gasteiger charge is 2.17. The summed E-state index contributed by atoms with van der Waals surface area (Å²) in [7, 11) is 3.28. The van der Waals surface area contributed by atoms with E-state index in [4.69, 9.17) is 16.3 Å². The van der Waals surface area contributed by atoms with Crippen LogP contribution < -0.4 is 15.4 Å². The molecule has 1 aromatic carbocycles. The van der Waals surface area contributed by atoms with Crippen molar-refractivity contribution in [2.45, 2.75) is 26.0 Å². The van der Waals surface area contributed by atoms with Crippen LogP contribution in [0.2, 0.25) is 5.02 Å². The lowest BCUT2D eigenvalue weighted by Gasteiger charge is -2.19. The largest absolute Gasteiger partial charge is 0.489 e. The molecule has 122 valence electrons. The van der Waals surface area contributed by atoms with Crippen LogP contribution >= 0.6 is 11.6 Å². The molecule has 0 aliphatic heterocycles. The number of carbonyl (C=O) groups excluding carboxylic acids is 2. The molecule has 0 radical (unpaired) electrons. The molecule has 0 unspecified atom stereocenters. The van der Waals surface area contributed by atoms with E-state index in [1.165, 1.54) is 4.90 Å². The summed E-state index contributed by atoms with van der Waals surface area (Å²) in [5.74, 6) is 0.510. The first-order valence-electron chi connectivity index (χ1n) is 6.97. The van der Waals surface area contributed by atoms with Crippen molar-refractivity contribution in [2.75, 3.05) is 20.6 Å². The van der Waals surface area contributed by atoms with Gasteiger partial charge in [-0.05, 0) is 38.1 Å². The van der Waals surface area contributed by atoms with Gasteiger partial charge in [-0.15, -0.1) is 0 Å². The number of benzene rings is 1. The van der Waals surface area contributed by atoms with Crippen LogP contribution in [0.15, 0.2) is 24.3 Å². The van der Waals surface area contributed by atoms with Crippen LogP contribution in [0.5, 0.6) is 5.75 Å². The van der Waals surface area contributed by atoms with Crippen molar-refractivity contribution >= 4 is 23.5 Å². The van der Waals surface area contributed by atoms with Crippen LogP contribution in [-0.4, -0.2) is 49.6 Å². The number of halogens is 1. The Morgan fingerprint density at radius 3 is 2.36 bits per heavy atom. The molecule has 2 N–H and O–H groups in total. The molecule has 0 saturated heterocycles. The number of likely N-dealkylation sites (N-methyl/N-ethyl adjacent to an activating group) is 1. The Morgan fingerprint density at radius 1 is 1.23 bits per heavy atom. The number of ether oxygens (including phenoxy) is 1. The van der Waals surface area contributed by atoms with Gasteiger partial charge in [0, 0.05) is 19.1 Å². The molecule has 0 bridgehead atoms. The summed E-state index contributed by atoms with van der Waals surface area (Å²) in [4.78, 5) is 24.8. The fourth-order valence-corrected chi connectivity index (χ4v) is 1.85. The highest BCUT2D eigenvalue weighted by Crippen LogP contribution is 2.16. The Balaban J connectivity index is 2.34. The molecule has 6 nitrogen and oxygen atoms in total. The van der Waals surface area contributed by atoms with Crippen LogP contribution in [0, 0.1) is 0 Å². The molecule has 1 rings (SSSR count). The summed E-state index contributed by atoms with van der Waals surface area (Å²) < 4.78 is 5.63. The van der Waals surface area contributed by atoms with E-state index in [1.54, 1.807) is 45.3 Å². The molecule has 0 aromatic heterocycles. The first kappa shape index (κ1) is 18.1. The maximum atomic E-state index is 11.7. The van der Waals surface area contributed by atoms with Gasteiger partial charge in [0.05, 0.1) is 6.54 Å². The van der Waals surface area contributed by atoms with Crippen molar-refractivity contribution < 1.29 is 14.3 Å². The van der Waals surface area contributed by atoms with Gasteiger partial charge in [-0.2, -0.15) is 0 Å². The summed E-state index contributed by atoms with van der Waals surface area (Å²) >= 11 is 5.80. The van der Waals surface area contributed by atoms with Crippen LogP contribution in [0.1, 0.15) is 13.8 Å². The summed E-state index contributed by atoms with van der Waals surface area (Å²) in [6, 6.07) is 6.00. The maximum absolute atomic E-state index is 11.7. The molecule has 0 aliphatic carbocycles. The Morgan fingerprint density at radius 2 is 1.82 bits per heavy atom. The molecule has 0 heterocycles. The fraction of sp³-hybridized carbons (Fsp3) is 0.467. The molecule has 0 fully saturated rings. The predicted octanol–water partition coefficient (Wildman–Crippen LogP) is 1.88. The summed E-state index contributed by atoms with van der Waals surface area (Å²) in [5.41, 5.74) is 0. The van der Waals surface area contributed by atoms with Crippen molar-refractivity contribution in [2.24, 2.45) is 0 Å². The van der Waals surface area contributed by atoms with Crippen LogP contribution in [-0.2, 0) is 4.79 Å². The average Bonchev–Trinajstić information content (AvgIpc) is 2.46. The summed E-state index contributed by atoms with van der Waals surface area (Å²) in [5, 5.41) is 5.88. The number of nitrogens with one attached hydrogen (secondary N) is 2. The second-order valence-corrected chi connectivity index (χ2v) is 5.63. The molecular formula is C15H22ClN3O3. The SMILES string of the molecule is C[C@H](NC(=O)NC[C@H](C)Oc1ccc(Cl)cc1)C(=O)N(C)C. The average molecular weight is 328 g/mol. The first-order valence-corrected chi connectivity index (χ1v) is 7.35. The smallest absolute Gasteiger partial charge is 0.315 e. The quantitative estimate of drug-likeness (QED) is 0.838. The van der Waals surface area contributed by atoms with Crippen molar-refractivity contribution in [3.05, 3.63) is 29.3 Å². The second kappa shape index (κ2) is 8.48. The van der Waals surface area contributed by atoms with Gasteiger partial charge in [0.2, 0.25) is 5.91 Å². The number of urea groups is 1. The van der Waals surface area contributed by atoms with Gasteiger partial charge in [-0.25, -0.2) is 4.79 Å². The van der Waals surface area contributed by atoms with Gasteiger partial charge in [0.1, 0.15) is 17.9 Å². The van der Waals surface area contributed by atoms with Crippen LogP contribution in [0.4, 0.5) is 4.79 Å². The van der Waals surface area contributed by atoms with E-state index >= 15 is 0 Å². The Hall–Kier alpha value is -1.95. The van der Waals surface area contributed by atoms with Crippen molar-refractivity contribution in [1.29, 1.82) is 0 Å². The van der Waals surface area contributed by atoms with Gasteiger partial charge in [0.15, 0.2) is 0 Å². The molecule has 3 amide bonds. The minimum Gasteiger partial charge on any atom is -0.489 e. The predicted molar refractivity (Wildman–Crippen MR) is 86.2 cm³/mol. The van der Waals surface area contributed by atoms with E-state index in [0.29, 0.717) is 17.3 Å². The van der Waals surface area contributed by atoms with Crippen molar-refractivity contribution in [3.8, 4) is 5.75 Å². The lowest BCUT2D eigenvalue weighted by atomic mass is 10.3. The molecule has 0 aliphatic rings. The van der Waals surface area contributed by atoms with E-state index in [1.807, 2.05) is 6.92 Å². The molecule has 1 aromatic rings. The van der Waals surface area contributed by atoms with E-state index in [0.717, 1.165) is 0 Å². The maximum Gasteiger partial charge on any atom is 0.315 e. The van der Waals surface area contributed by atoms with Crippen molar-refractivity contribution in [3.63, 3.8) is 0 Å². The summed E-state index contributed by atoms with van der Waals surface area (Å²) in [6.07, 6.45) is -0.216. The minimum atomic E-state index is -0.581. The third-order valence-corrected chi connectivity index (χ3v) is 3.11. The molecular weight excluding hydrogens is 306 g/mol. The summed E-state index contributed by atoms with van der Waals surface area (Å²) in [6.45, 7) is 3.79. The Kier molecular flexibility index (Phi) is 6.98. The van der Waals surface area contributed by atoms with Gasteiger partial charge in [-0.1, -0.05) is 11.6 Å². The topological polar surface area (TPSA) is 70.7 Å². The molecule has 22 heavy (non-hydrogen) atoms. The number of hydrogen-bond donors (Lipinski definition) is 2. The number of rotatable bonds is 6. The molecule has 0 saturated carbocycles. The van der Waals surface area contributed by atoms with E-state index < -0.39 is 12.1 Å². The monoisotopic (exact) mass is 327 g/mol. The van der Waals surface area contributed by atoms with Gasteiger partial charge >= 0.3 is 6.03 Å². The zero-order chi connectivity index (χ0) is 16.7. The lowest BCUT2D eigenvalue weighted by Crippen LogP contribution is -2.49. The van der Waals surface area contributed by atoms with E-state index in [2.05, 4.69) is 10.6 Å². The van der Waals surface area contributed by atoms with E-state index in [-0.39, 0.29) is 12.0 Å². The van der Waals surface area contributed by atoms with Crippen LogP contribution in [0.3, 0.4) is 0 Å². The highest BCUT2D eigenvalue weighted by molar-refractivity contribution is 6.30. The normalized spacial score (nSPS) is 13.0. The highest BCUT2D eigenvalue weighted by atomic mass is 35.5. The molecule has 0 spiro atoms. The fourth-order valence-electron chi connectivity index (χ4n) is 1.72. The van der Waals surface area contributed by atoms with Gasteiger partial charge in [0.25, 0.3) is 0 Å². The van der Waals surface area contributed by atoms with Crippen molar-refractivity contribution in [1.82, 2.24) is 15.5 Å². The zero-order valence-corrected chi connectivity index (χ0v) is 14.0. The van der Waals surface area contributed by atoms with Gasteiger partial charge in [-0.3, -0.25) is 4.79 Å². The van der Waals surface area contributed by atoms with E-state index in [9.17, 15) is 9.59 Å².